The van der Waals surface area contributed by atoms with Gasteiger partial charge in [-0.05, 0) is 68.4 Å². The fourth-order valence-electron chi connectivity index (χ4n) is 7.77. The van der Waals surface area contributed by atoms with Crippen molar-refractivity contribution in [2.24, 2.45) is 23.7 Å². The molecule has 50 heavy (non-hydrogen) atoms. The first-order valence-electron chi connectivity index (χ1n) is 16.7. The molecule has 0 bridgehead atoms. The largest absolute Gasteiger partial charge is 0.444 e. The number of nitrogens with zero attached hydrogens (tertiary/aromatic N) is 6. The monoisotopic (exact) mass is 738 g/mol. The van der Waals surface area contributed by atoms with Crippen LogP contribution in [0.5, 0.6) is 0 Å². The average Bonchev–Trinajstić information content (AvgIpc) is 3.83. The highest BCUT2D eigenvalue weighted by Gasteiger charge is 2.47. The molecule has 1 aromatic carbocycles. The van der Waals surface area contributed by atoms with Gasteiger partial charge < -0.3 is 36.7 Å². The lowest BCUT2D eigenvalue weighted by molar-refractivity contribution is 0.183. The van der Waals surface area contributed by atoms with Gasteiger partial charge in [0.05, 0.1) is 21.5 Å². The van der Waals surface area contributed by atoms with Crippen molar-refractivity contribution in [3.05, 3.63) is 46.5 Å². The van der Waals surface area contributed by atoms with Crippen molar-refractivity contribution in [3.63, 3.8) is 0 Å². The molecular formula is C34H40Cl2N10O3S. The summed E-state index contributed by atoms with van der Waals surface area (Å²) in [5.41, 5.74) is 13.6. The van der Waals surface area contributed by atoms with E-state index in [1.807, 2.05) is 24.3 Å². The van der Waals surface area contributed by atoms with Crippen molar-refractivity contribution in [2.45, 2.75) is 64.0 Å². The Morgan fingerprint density at radius 2 is 1.50 bits per heavy atom. The lowest BCUT2D eigenvalue weighted by Crippen LogP contribution is -2.45. The van der Waals surface area contributed by atoms with Gasteiger partial charge in [0.1, 0.15) is 38.8 Å². The number of hydrogen-bond acceptors (Lipinski definition) is 14. The number of hydrogen-bond donors (Lipinski definition) is 6. The molecule has 0 saturated heterocycles. The fraction of sp³-hybridized carbons (Fsp3) is 0.471. The molecule has 2 fully saturated rings. The number of para-hydroxylation sites is 1. The minimum Gasteiger partial charge on any atom is -0.444 e. The predicted molar refractivity (Wildman–Crippen MR) is 197 cm³/mol. The second-order valence-corrected chi connectivity index (χ2v) is 15.6. The zero-order valence-corrected chi connectivity index (χ0v) is 30.3. The molecule has 0 aliphatic heterocycles. The van der Waals surface area contributed by atoms with Crippen LogP contribution in [0.4, 0.5) is 23.5 Å². The number of aliphatic hydroxyl groups excluding tert-OH is 2. The van der Waals surface area contributed by atoms with Crippen LogP contribution in [0.2, 0.25) is 10.3 Å². The zero-order chi connectivity index (χ0) is 35.4. The molecule has 5 aromatic rings. The SMILES string of the molecule is CC1C(CO)CCC1(C)Nc1nc(N)nc(Cl)c1-c1nc(CC2(Nc3nc(N)nc(Cl)c3-c3nc4ccccc4s3)CCC(CO)C2C)co1. The highest BCUT2D eigenvalue weighted by molar-refractivity contribution is 7.21. The maximum absolute atomic E-state index is 10.3. The number of halogens is 2. The number of fused-ring (bicyclic) bond motifs is 1. The number of anilines is 4. The summed E-state index contributed by atoms with van der Waals surface area (Å²) >= 11 is 15.0. The molecule has 2 saturated carbocycles. The van der Waals surface area contributed by atoms with Crippen LogP contribution < -0.4 is 22.1 Å². The van der Waals surface area contributed by atoms with E-state index in [1.54, 1.807) is 6.26 Å². The summed E-state index contributed by atoms with van der Waals surface area (Å²) in [7, 11) is 0. The highest BCUT2D eigenvalue weighted by Crippen LogP contribution is 2.48. The molecule has 16 heteroatoms. The summed E-state index contributed by atoms with van der Waals surface area (Å²) in [5.74, 6) is 1.48. The van der Waals surface area contributed by atoms with Crippen LogP contribution in [0.15, 0.2) is 34.9 Å². The topological polar surface area (TPSA) is 207 Å². The van der Waals surface area contributed by atoms with Gasteiger partial charge in [0, 0.05) is 30.7 Å². The smallest absolute Gasteiger partial charge is 0.233 e. The molecule has 13 nitrogen and oxygen atoms in total. The molecule has 0 amide bonds. The first-order valence-corrected chi connectivity index (χ1v) is 18.3. The van der Waals surface area contributed by atoms with Crippen LogP contribution >= 0.6 is 34.5 Å². The third-order valence-electron chi connectivity index (χ3n) is 11.1. The van der Waals surface area contributed by atoms with Crippen LogP contribution in [-0.2, 0) is 6.42 Å². The zero-order valence-electron chi connectivity index (χ0n) is 28.0. The Hall–Kier alpha value is -3.82. The summed E-state index contributed by atoms with van der Waals surface area (Å²) in [6.45, 7) is 6.48. The second kappa shape index (κ2) is 13.4. The van der Waals surface area contributed by atoms with E-state index >= 15 is 0 Å². The summed E-state index contributed by atoms with van der Waals surface area (Å²) in [5, 5.41) is 28.5. The molecule has 8 N–H and O–H groups in total. The van der Waals surface area contributed by atoms with E-state index in [9.17, 15) is 10.2 Å². The Morgan fingerprint density at radius 3 is 2.16 bits per heavy atom. The molecule has 6 unspecified atom stereocenters. The Kier molecular flexibility index (Phi) is 9.27. The molecule has 2 aliphatic rings. The number of oxazole rings is 1. The first kappa shape index (κ1) is 34.6. The van der Waals surface area contributed by atoms with Gasteiger partial charge >= 0.3 is 0 Å². The third kappa shape index (κ3) is 6.21. The van der Waals surface area contributed by atoms with Gasteiger partial charge in [0.15, 0.2) is 0 Å². The Morgan fingerprint density at radius 1 is 0.860 bits per heavy atom. The van der Waals surface area contributed by atoms with Crippen LogP contribution in [-0.4, -0.2) is 64.4 Å². The van der Waals surface area contributed by atoms with Gasteiger partial charge in [-0.15, -0.1) is 11.3 Å². The lowest BCUT2D eigenvalue weighted by Gasteiger charge is -2.37. The van der Waals surface area contributed by atoms with E-state index < -0.39 is 5.54 Å². The number of aromatic nitrogens is 6. The van der Waals surface area contributed by atoms with Gasteiger partial charge in [0.25, 0.3) is 0 Å². The van der Waals surface area contributed by atoms with Gasteiger partial charge in [-0.25, -0.2) is 19.9 Å². The second-order valence-electron chi connectivity index (χ2n) is 13.9. The molecule has 0 radical (unpaired) electrons. The number of thiazole rings is 1. The van der Waals surface area contributed by atoms with E-state index in [-0.39, 0.29) is 70.5 Å². The summed E-state index contributed by atoms with van der Waals surface area (Å²) < 4.78 is 7.09. The minimum absolute atomic E-state index is 0.0187. The maximum atomic E-state index is 10.3. The van der Waals surface area contributed by atoms with Crippen molar-refractivity contribution in [1.29, 1.82) is 0 Å². The molecule has 2 aliphatic carbocycles. The Balaban J connectivity index is 1.25. The Bertz CT molecular complexity index is 2010. The van der Waals surface area contributed by atoms with E-state index in [2.05, 4.69) is 51.3 Å². The number of nitrogen functional groups attached to an aromatic ring is 2. The van der Waals surface area contributed by atoms with Crippen LogP contribution in [0, 0.1) is 23.7 Å². The number of nitrogens with one attached hydrogen (secondary N) is 2. The fourth-order valence-corrected chi connectivity index (χ4v) is 9.36. The number of rotatable bonds is 10. The summed E-state index contributed by atoms with van der Waals surface area (Å²) in [6.07, 6.45) is 5.19. The van der Waals surface area contributed by atoms with Gasteiger partial charge in [0.2, 0.25) is 17.8 Å². The highest BCUT2D eigenvalue weighted by atomic mass is 35.5. The van der Waals surface area contributed by atoms with Crippen LogP contribution in [0.3, 0.4) is 0 Å². The molecule has 6 atom stereocenters. The number of benzene rings is 1. The quantitative estimate of drug-likeness (QED) is 0.0870. The Labute approximate surface area is 303 Å². The minimum atomic E-state index is -0.633. The normalized spacial score (nSPS) is 26.5. The van der Waals surface area contributed by atoms with Crippen molar-refractivity contribution < 1.29 is 14.6 Å². The molecule has 7 rings (SSSR count). The van der Waals surface area contributed by atoms with Crippen molar-refractivity contribution in [3.8, 4) is 22.0 Å². The maximum Gasteiger partial charge on any atom is 0.233 e. The van der Waals surface area contributed by atoms with E-state index in [0.29, 0.717) is 46.3 Å². The standard InChI is InChI=1S/C34H40Cl2N10O3S/c1-16-18(13-47)8-10-33(16,3)45-27-23(25(35)41-31(37)43-27)29-39-20(15-49-29)12-34(11-9-19(14-48)17(34)2)46-28-24(26(36)42-32(38)44-28)30-40-21-6-4-5-7-22(21)50-30/h4-7,15-19,47-48H,8-14H2,1-3H3,(H3,37,41,43,45)(H3,38,42,44,46). The van der Waals surface area contributed by atoms with Crippen LogP contribution in [0.1, 0.15) is 52.1 Å². The van der Waals surface area contributed by atoms with E-state index in [4.69, 9.17) is 49.1 Å². The van der Waals surface area contributed by atoms with Crippen molar-refractivity contribution >= 4 is 68.3 Å². The third-order valence-corrected chi connectivity index (χ3v) is 12.7. The van der Waals surface area contributed by atoms with E-state index in [1.165, 1.54) is 11.3 Å². The van der Waals surface area contributed by atoms with Crippen LogP contribution in [0.25, 0.3) is 32.2 Å². The van der Waals surface area contributed by atoms with Gasteiger partial charge in [-0.3, -0.25) is 0 Å². The average molecular weight is 740 g/mol. The summed E-state index contributed by atoms with van der Waals surface area (Å²) in [4.78, 5) is 27.4. The number of nitrogens with two attached hydrogens (primary N) is 2. The predicted octanol–water partition coefficient (Wildman–Crippen LogP) is 6.31. The molecule has 4 heterocycles. The van der Waals surface area contributed by atoms with Crippen molar-refractivity contribution in [2.75, 3.05) is 35.3 Å². The first-order chi connectivity index (χ1) is 23.9. The molecule has 4 aromatic heterocycles. The van der Waals surface area contributed by atoms with Gasteiger partial charge in [-0.1, -0.05) is 49.2 Å². The van der Waals surface area contributed by atoms with E-state index in [0.717, 1.165) is 29.5 Å². The molecular weight excluding hydrogens is 699 g/mol. The molecule has 0 spiro atoms. The molecule has 264 valence electrons. The van der Waals surface area contributed by atoms with Crippen molar-refractivity contribution in [1.82, 2.24) is 29.9 Å². The lowest BCUT2D eigenvalue weighted by atomic mass is 9.81. The number of aliphatic hydroxyl groups is 2. The van der Waals surface area contributed by atoms with Gasteiger partial charge in [-0.2, -0.15) is 9.97 Å². The summed E-state index contributed by atoms with van der Waals surface area (Å²) in [6, 6.07) is 7.85.